The highest BCUT2D eigenvalue weighted by molar-refractivity contribution is 6.34. The molecular weight excluding hydrogens is 494 g/mol. The van der Waals surface area contributed by atoms with Crippen molar-refractivity contribution in [1.29, 1.82) is 0 Å². The average molecular weight is 528 g/mol. The maximum atomic E-state index is 14.4. The maximum absolute atomic E-state index is 14.4. The summed E-state index contributed by atoms with van der Waals surface area (Å²) in [6.45, 7) is 5.56. The van der Waals surface area contributed by atoms with Gasteiger partial charge in [0, 0.05) is 32.8 Å². The van der Waals surface area contributed by atoms with Crippen molar-refractivity contribution in [3.8, 4) is 0 Å². The second-order valence-electron chi connectivity index (χ2n) is 10.3. The SMILES string of the molecule is CCCN1CC=C[C@@H]2O[C@]34C=CCN(c5c(C)cccc5Cl)C(=O)C3N(CCCCO)C(=O)[C@@H]4[C@@H]2C1=O. The van der Waals surface area contributed by atoms with Crippen LogP contribution in [0.4, 0.5) is 5.69 Å². The molecule has 1 aromatic rings. The number of anilines is 1. The Bertz CT molecular complexity index is 1130. The predicted octanol–water partition coefficient (Wildman–Crippen LogP) is 2.71. The number of fused-ring (bicyclic) bond motifs is 2. The van der Waals surface area contributed by atoms with E-state index in [0.29, 0.717) is 43.2 Å². The predicted molar refractivity (Wildman–Crippen MR) is 140 cm³/mol. The maximum Gasteiger partial charge on any atom is 0.253 e. The normalized spacial score (nSPS) is 30.9. The van der Waals surface area contributed by atoms with Gasteiger partial charge in [-0.15, -0.1) is 0 Å². The van der Waals surface area contributed by atoms with Crippen molar-refractivity contribution in [2.45, 2.75) is 50.9 Å². The lowest BCUT2D eigenvalue weighted by Gasteiger charge is -2.36. The molecule has 4 heterocycles. The Hall–Kier alpha value is -2.68. The molecule has 0 bridgehead atoms. The molecule has 2 fully saturated rings. The number of unbranched alkanes of at least 4 members (excludes halogenated alkanes) is 1. The molecular formula is C28H34ClN3O5. The lowest BCUT2D eigenvalue weighted by atomic mass is 9.77. The molecule has 198 valence electrons. The topological polar surface area (TPSA) is 90.4 Å². The smallest absolute Gasteiger partial charge is 0.253 e. The van der Waals surface area contributed by atoms with Gasteiger partial charge in [-0.1, -0.05) is 55.0 Å². The van der Waals surface area contributed by atoms with Crippen molar-refractivity contribution in [3.05, 3.63) is 53.1 Å². The number of carbonyl (C=O) groups is 3. The first-order valence-electron chi connectivity index (χ1n) is 13.1. The number of aliphatic hydroxyl groups excluding tert-OH is 1. The van der Waals surface area contributed by atoms with Gasteiger partial charge in [0.25, 0.3) is 5.91 Å². The molecule has 3 amide bonds. The standard InChI is InChI=1S/C28H34ClN3O5/c1-3-13-30-14-7-11-20-21(25(30)34)22-26(35)32(15-4-5-17-33)24-27(36)31(16-8-12-28(22,24)37-20)23-18(2)9-6-10-19(23)29/h6-12,20-22,24,33H,3-5,13-17H2,1-2H3/t20-,21+,22-,24?,28-/m0/s1. The summed E-state index contributed by atoms with van der Waals surface area (Å²) in [5, 5.41) is 9.82. The Morgan fingerprint density at radius 1 is 1.08 bits per heavy atom. The molecule has 4 aliphatic heterocycles. The number of likely N-dealkylation sites (tertiary alicyclic amines) is 1. The van der Waals surface area contributed by atoms with Crippen molar-refractivity contribution in [1.82, 2.24) is 9.80 Å². The van der Waals surface area contributed by atoms with Crippen LogP contribution >= 0.6 is 11.6 Å². The molecule has 0 aromatic heterocycles. The van der Waals surface area contributed by atoms with Gasteiger partial charge >= 0.3 is 0 Å². The lowest BCUT2D eigenvalue weighted by Crippen LogP contribution is -2.55. The van der Waals surface area contributed by atoms with E-state index in [1.165, 1.54) is 0 Å². The van der Waals surface area contributed by atoms with Crippen molar-refractivity contribution >= 4 is 35.0 Å². The van der Waals surface area contributed by atoms with E-state index in [0.717, 1.165) is 12.0 Å². The number of aryl methyl sites for hydroxylation is 1. The molecule has 0 radical (unpaired) electrons. The Balaban J connectivity index is 1.60. The number of hydrogen-bond donors (Lipinski definition) is 1. The number of ether oxygens (including phenoxy) is 1. The third-order valence-corrected chi connectivity index (χ3v) is 8.31. The number of halogens is 1. The molecule has 8 nitrogen and oxygen atoms in total. The van der Waals surface area contributed by atoms with Gasteiger partial charge in [-0.3, -0.25) is 14.4 Å². The van der Waals surface area contributed by atoms with Crippen molar-refractivity contribution in [2.24, 2.45) is 11.8 Å². The van der Waals surface area contributed by atoms with E-state index in [1.54, 1.807) is 20.8 Å². The van der Waals surface area contributed by atoms with Crippen LogP contribution < -0.4 is 4.90 Å². The van der Waals surface area contributed by atoms with E-state index in [-0.39, 0.29) is 30.9 Å². The van der Waals surface area contributed by atoms with Gasteiger partial charge in [0.2, 0.25) is 11.8 Å². The number of hydrogen-bond acceptors (Lipinski definition) is 5. The van der Waals surface area contributed by atoms with Crippen LogP contribution in [-0.2, 0) is 19.1 Å². The number of aliphatic hydroxyl groups is 1. The zero-order valence-electron chi connectivity index (χ0n) is 21.3. The molecule has 1 N–H and O–H groups in total. The minimum Gasteiger partial charge on any atom is -0.396 e. The van der Waals surface area contributed by atoms with Gasteiger partial charge in [0.15, 0.2) is 0 Å². The minimum atomic E-state index is -1.26. The van der Waals surface area contributed by atoms with Gasteiger partial charge in [0.05, 0.1) is 28.6 Å². The quantitative estimate of drug-likeness (QED) is 0.435. The fraction of sp³-hybridized carbons (Fsp3) is 0.536. The first-order valence-corrected chi connectivity index (χ1v) is 13.5. The zero-order valence-corrected chi connectivity index (χ0v) is 22.1. The summed E-state index contributed by atoms with van der Waals surface area (Å²) in [6.07, 6.45) is 8.77. The van der Waals surface area contributed by atoms with E-state index in [9.17, 15) is 19.5 Å². The highest BCUT2D eigenvalue weighted by Gasteiger charge is 2.71. The number of amides is 3. The van der Waals surface area contributed by atoms with Crippen molar-refractivity contribution < 1.29 is 24.2 Å². The monoisotopic (exact) mass is 527 g/mol. The molecule has 1 aromatic carbocycles. The van der Waals surface area contributed by atoms with Gasteiger partial charge in [0.1, 0.15) is 11.6 Å². The molecule has 5 atom stereocenters. The highest BCUT2D eigenvalue weighted by atomic mass is 35.5. The van der Waals surface area contributed by atoms with Crippen LogP contribution in [0.3, 0.4) is 0 Å². The minimum absolute atomic E-state index is 0.00345. The Morgan fingerprint density at radius 3 is 2.62 bits per heavy atom. The van der Waals surface area contributed by atoms with Crippen LogP contribution in [-0.4, -0.2) is 83.2 Å². The van der Waals surface area contributed by atoms with Crippen LogP contribution in [0.2, 0.25) is 5.02 Å². The number of carbonyl (C=O) groups excluding carboxylic acids is 3. The van der Waals surface area contributed by atoms with Crippen LogP contribution in [0, 0.1) is 18.8 Å². The Kier molecular flexibility index (Phi) is 7.18. The molecule has 0 saturated carbocycles. The molecule has 5 rings (SSSR count). The van der Waals surface area contributed by atoms with E-state index >= 15 is 0 Å². The molecule has 37 heavy (non-hydrogen) atoms. The zero-order chi connectivity index (χ0) is 26.3. The number of para-hydroxylation sites is 1. The average Bonchev–Trinajstić information content (AvgIpc) is 3.18. The second kappa shape index (κ2) is 10.2. The van der Waals surface area contributed by atoms with Crippen LogP contribution in [0.5, 0.6) is 0 Å². The highest BCUT2D eigenvalue weighted by Crippen LogP contribution is 2.54. The molecule has 1 unspecified atom stereocenters. The molecule has 1 spiro atoms. The summed E-state index contributed by atoms with van der Waals surface area (Å²) in [5.41, 5.74) is 0.199. The second-order valence-corrected chi connectivity index (χ2v) is 10.7. The summed E-state index contributed by atoms with van der Waals surface area (Å²) in [4.78, 5) is 47.2. The first kappa shape index (κ1) is 25.9. The van der Waals surface area contributed by atoms with E-state index in [1.807, 2.05) is 50.3 Å². The van der Waals surface area contributed by atoms with Gasteiger partial charge in [-0.2, -0.15) is 0 Å². The summed E-state index contributed by atoms with van der Waals surface area (Å²) in [5.74, 6) is -2.13. The summed E-state index contributed by atoms with van der Waals surface area (Å²) in [7, 11) is 0. The van der Waals surface area contributed by atoms with Crippen LogP contribution in [0.1, 0.15) is 31.7 Å². The summed E-state index contributed by atoms with van der Waals surface area (Å²) >= 11 is 6.57. The molecule has 4 aliphatic rings. The fourth-order valence-electron chi connectivity index (χ4n) is 6.46. The van der Waals surface area contributed by atoms with Crippen LogP contribution in [0.15, 0.2) is 42.5 Å². The third kappa shape index (κ3) is 4.10. The summed E-state index contributed by atoms with van der Waals surface area (Å²) < 4.78 is 6.65. The number of benzene rings is 1. The molecule has 0 aliphatic carbocycles. The van der Waals surface area contributed by atoms with E-state index in [4.69, 9.17) is 16.3 Å². The lowest BCUT2D eigenvalue weighted by molar-refractivity contribution is -0.144. The number of nitrogens with zero attached hydrogens (tertiary/aromatic N) is 3. The van der Waals surface area contributed by atoms with E-state index < -0.39 is 29.6 Å². The molecule has 2 saturated heterocycles. The Morgan fingerprint density at radius 2 is 1.89 bits per heavy atom. The first-order chi connectivity index (χ1) is 17.9. The summed E-state index contributed by atoms with van der Waals surface area (Å²) in [6, 6.07) is 4.55. The number of rotatable bonds is 7. The molecule has 9 heteroatoms. The van der Waals surface area contributed by atoms with Gasteiger partial charge in [-0.25, -0.2) is 0 Å². The van der Waals surface area contributed by atoms with Crippen molar-refractivity contribution in [3.63, 3.8) is 0 Å². The van der Waals surface area contributed by atoms with Gasteiger partial charge < -0.3 is 24.5 Å². The van der Waals surface area contributed by atoms with Crippen molar-refractivity contribution in [2.75, 3.05) is 37.7 Å². The fourth-order valence-corrected chi connectivity index (χ4v) is 6.78. The largest absolute Gasteiger partial charge is 0.396 e. The third-order valence-electron chi connectivity index (χ3n) is 8.00. The van der Waals surface area contributed by atoms with Gasteiger partial charge in [-0.05, 0) is 37.8 Å². The Labute approximate surface area is 222 Å². The van der Waals surface area contributed by atoms with Crippen LogP contribution in [0.25, 0.3) is 0 Å². The van der Waals surface area contributed by atoms with E-state index in [2.05, 4.69) is 0 Å².